The van der Waals surface area contributed by atoms with Gasteiger partial charge < -0.3 is 9.47 Å². The van der Waals surface area contributed by atoms with Crippen LogP contribution < -0.4 is 0 Å². The highest BCUT2D eigenvalue weighted by Gasteiger charge is 2.16. The number of esters is 1. The van der Waals surface area contributed by atoms with Crippen molar-refractivity contribution in [3.05, 3.63) is 23.7 Å². The number of allylic oxidation sites excluding steroid dienone is 1. The molecule has 12 heavy (non-hydrogen) atoms. The van der Waals surface area contributed by atoms with Gasteiger partial charge in [-0.25, -0.2) is 4.79 Å². The van der Waals surface area contributed by atoms with E-state index in [9.17, 15) is 4.79 Å². The van der Waals surface area contributed by atoms with Crippen LogP contribution in [-0.2, 0) is 14.3 Å². The number of hydrogen-bond donors (Lipinski definition) is 0. The van der Waals surface area contributed by atoms with Gasteiger partial charge in [0.1, 0.15) is 11.5 Å². The zero-order chi connectivity index (χ0) is 9.14. The number of carbonyl (C=O) groups excluding carboxylic acids is 1. The number of ether oxygens (including phenoxy) is 2. The highest BCUT2D eigenvalue weighted by molar-refractivity contribution is 5.87. The smallest absolute Gasteiger partial charge is 0.338 e. The van der Waals surface area contributed by atoms with Gasteiger partial charge in [0.05, 0.1) is 6.61 Å². The van der Waals surface area contributed by atoms with E-state index in [1.165, 1.54) is 0 Å². The molecule has 66 valence electrons. The molecule has 0 aromatic rings. The summed E-state index contributed by atoms with van der Waals surface area (Å²) in [5.41, 5.74) is 0.397. The van der Waals surface area contributed by atoms with Crippen molar-refractivity contribution in [2.75, 3.05) is 6.61 Å². The topological polar surface area (TPSA) is 35.5 Å². The molecular weight excluding hydrogens is 156 g/mol. The molecule has 1 rings (SSSR count). The lowest BCUT2D eigenvalue weighted by molar-refractivity contribution is -0.135. The van der Waals surface area contributed by atoms with E-state index in [0.29, 0.717) is 11.3 Å². The van der Waals surface area contributed by atoms with Gasteiger partial charge in [-0.15, -0.1) is 0 Å². The van der Waals surface area contributed by atoms with Crippen LogP contribution in [0.5, 0.6) is 0 Å². The summed E-state index contributed by atoms with van der Waals surface area (Å²) in [6.07, 6.45) is 0.856. The minimum atomic E-state index is -0.393. The largest absolute Gasteiger partial charge is 0.494 e. The van der Waals surface area contributed by atoms with Crippen LogP contribution in [-0.4, -0.2) is 12.6 Å². The number of carbonyl (C=O) groups is 1. The summed E-state index contributed by atoms with van der Waals surface area (Å²) < 4.78 is 9.98. The van der Waals surface area contributed by atoms with Crippen molar-refractivity contribution in [3.63, 3.8) is 0 Å². The van der Waals surface area contributed by atoms with E-state index < -0.39 is 5.97 Å². The van der Waals surface area contributed by atoms with Crippen molar-refractivity contribution in [1.82, 2.24) is 0 Å². The van der Waals surface area contributed by atoms with Crippen molar-refractivity contribution < 1.29 is 14.3 Å². The fourth-order valence-electron chi connectivity index (χ4n) is 0.765. The Kier molecular flexibility index (Phi) is 2.53. The third kappa shape index (κ3) is 1.87. The second-order valence-corrected chi connectivity index (χ2v) is 2.75. The molecule has 0 aromatic carbocycles. The van der Waals surface area contributed by atoms with Crippen LogP contribution in [0, 0.1) is 0 Å². The van der Waals surface area contributed by atoms with Crippen LogP contribution in [0.25, 0.3) is 0 Å². The lowest BCUT2D eigenvalue weighted by Gasteiger charge is -2.20. The maximum Gasteiger partial charge on any atom is 0.338 e. The van der Waals surface area contributed by atoms with E-state index in [1.807, 2.05) is 0 Å². The first-order valence-corrected chi connectivity index (χ1v) is 3.81. The van der Waals surface area contributed by atoms with Gasteiger partial charge in [-0.1, -0.05) is 6.58 Å². The van der Waals surface area contributed by atoms with Crippen molar-refractivity contribution in [2.45, 2.75) is 20.3 Å². The molecule has 0 saturated carbocycles. The SMILES string of the molecule is C=C(C)C(=O)OC(C)=C1CCO1. The lowest BCUT2D eigenvalue weighted by atomic mass is 10.2. The van der Waals surface area contributed by atoms with Gasteiger partial charge in [0.2, 0.25) is 0 Å². The Morgan fingerprint density at radius 1 is 1.58 bits per heavy atom. The molecule has 0 aliphatic carbocycles. The molecule has 1 fully saturated rings. The van der Waals surface area contributed by atoms with Crippen LogP contribution in [0.15, 0.2) is 23.7 Å². The normalized spacial score (nSPS) is 18.8. The Bertz CT molecular complexity index is 244. The molecule has 1 aliphatic heterocycles. The van der Waals surface area contributed by atoms with Gasteiger partial charge >= 0.3 is 5.97 Å². The van der Waals surface area contributed by atoms with Crippen LogP contribution >= 0.6 is 0 Å². The highest BCUT2D eigenvalue weighted by Crippen LogP contribution is 2.21. The van der Waals surface area contributed by atoms with E-state index in [-0.39, 0.29) is 0 Å². The second kappa shape index (κ2) is 3.43. The van der Waals surface area contributed by atoms with Gasteiger partial charge in [0.25, 0.3) is 0 Å². The molecule has 0 atom stereocenters. The molecule has 0 amide bonds. The zero-order valence-corrected chi connectivity index (χ0v) is 7.35. The Labute approximate surface area is 71.7 Å². The Hall–Kier alpha value is -1.25. The maximum absolute atomic E-state index is 11.0. The molecule has 0 N–H and O–H groups in total. The minimum Gasteiger partial charge on any atom is -0.494 e. The number of rotatable bonds is 2. The Morgan fingerprint density at radius 2 is 2.17 bits per heavy atom. The molecule has 0 bridgehead atoms. The minimum absolute atomic E-state index is 0.393. The monoisotopic (exact) mass is 168 g/mol. The summed E-state index contributed by atoms with van der Waals surface area (Å²) in [7, 11) is 0. The van der Waals surface area contributed by atoms with Crippen LogP contribution in [0.1, 0.15) is 20.3 Å². The summed E-state index contributed by atoms with van der Waals surface area (Å²) in [5, 5.41) is 0. The van der Waals surface area contributed by atoms with Gasteiger partial charge in [-0.3, -0.25) is 0 Å². The number of hydrogen-bond acceptors (Lipinski definition) is 3. The fraction of sp³-hybridized carbons (Fsp3) is 0.444. The van der Waals surface area contributed by atoms with Crippen molar-refractivity contribution in [1.29, 1.82) is 0 Å². The first-order chi connectivity index (χ1) is 5.61. The van der Waals surface area contributed by atoms with Gasteiger partial charge in [-0.2, -0.15) is 0 Å². The van der Waals surface area contributed by atoms with Gasteiger partial charge in [0.15, 0.2) is 0 Å². The van der Waals surface area contributed by atoms with E-state index in [1.54, 1.807) is 13.8 Å². The fourth-order valence-corrected chi connectivity index (χ4v) is 0.765. The summed E-state index contributed by atoms with van der Waals surface area (Å²) >= 11 is 0. The van der Waals surface area contributed by atoms with Crippen LogP contribution in [0.4, 0.5) is 0 Å². The molecule has 1 aliphatic rings. The summed E-state index contributed by atoms with van der Waals surface area (Å²) in [5.74, 6) is 0.925. The third-order valence-electron chi connectivity index (χ3n) is 1.59. The van der Waals surface area contributed by atoms with Crippen molar-refractivity contribution >= 4 is 5.97 Å². The highest BCUT2D eigenvalue weighted by atomic mass is 16.6. The molecule has 0 spiro atoms. The third-order valence-corrected chi connectivity index (χ3v) is 1.59. The molecule has 1 heterocycles. The summed E-state index contributed by atoms with van der Waals surface area (Å²) in [6, 6.07) is 0. The molecule has 0 aromatic heterocycles. The lowest BCUT2D eigenvalue weighted by Crippen LogP contribution is -2.14. The van der Waals surface area contributed by atoms with Gasteiger partial charge in [0, 0.05) is 12.0 Å². The average Bonchev–Trinajstić information content (AvgIpc) is 1.82. The van der Waals surface area contributed by atoms with E-state index in [0.717, 1.165) is 18.8 Å². The van der Waals surface area contributed by atoms with E-state index in [4.69, 9.17) is 9.47 Å². The van der Waals surface area contributed by atoms with Crippen LogP contribution in [0.2, 0.25) is 0 Å². The van der Waals surface area contributed by atoms with Crippen molar-refractivity contribution in [3.8, 4) is 0 Å². The summed E-state index contributed by atoms with van der Waals surface area (Å²) in [6.45, 7) is 7.52. The Balaban J connectivity index is 2.51. The van der Waals surface area contributed by atoms with Gasteiger partial charge in [-0.05, 0) is 13.8 Å². The molecule has 0 radical (unpaired) electrons. The predicted octanol–water partition coefficient (Wildman–Crippen LogP) is 1.76. The van der Waals surface area contributed by atoms with E-state index in [2.05, 4.69) is 6.58 Å². The zero-order valence-electron chi connectivity index (χ0n) is 7.35. The molecule has 1 saturated heterocycles. The first kappa shape index (κ1) is 8.84. The standard InChI is InChI=1S/C9H12O3/c1-6(2)9(10)12-7(3)8-4-5-11-8/h1,4-5H2,2-3H3. The quantitative estimate of drug-likeness (QED) is 0.358. The van der Waals surface area contributed by atoms with Crippen molar-refractivity contribution in [2.24, 2.45) is 0 Å². The molecule has 0 unspecified atom stereocenters. The van der Waals surface area contributed by atoms with Crippen LogP contribution in [0.3, 0.4) is 0 Å². The summed E-state index contributed by atoms with van der Waals surface area (Å²) in [4.78, 5) is 11.0. The average molecular weight is 168 g/mol. The molecule has 3 nitrogen and oxygen atoms in total. The maximum atomic E-state index is 11.0. The molecule has 3 heteroatoms. The predicted molar refractivity (Wildman–Crippen MR) is 44.2 cm³/mol. The Morgan fingerprint density at radius 3 is 2.50 bits per heavy atom. The second-order valence-electron chi connectivity index (χ2n) is 2.75. The van der Waals surface area contributed by atoms with E-state index >= 15 is 0 Å². The first-order valence-electron chi connectivity index (χ1n) is 3.81. The molecular formula is C9H12O3.